The molecule has 0 bridgehead atoms. The van der Waals surface area contributed by atoms with Crippen LogP contribution in [0.3, 0.4) is 0 Å². The number of hydrogen-bond donors (Lipinski definition) is 1. The first kappa shape index (κ1) is 10.9. The van der Waals surface area contributed by atoms with Gasteiger partial charge in [0, 0.05) is 31.9 Å². The number of likely N-dealkylation sites (tertiary alicyclic amines) is 1. The van der Waals surface area contributed by atoms with Gasteiger partial charge in [0.05, 0.1) is 0 Å². The summed E-state index contributed by atoms with van der Waals surface area (Å²) in [6.45, 7) is 4.98. The molecule has 2 aliphatic heterocycles. The molecular weight excluding hydrogens is 220 g/mol. The highest BCUT2D eigenvalue weighted by atomic mass is 15.2. The molecule has 3 aliphatic rings. The zero-order valence-corrected chi connectivity index (χ0v) is 11.0. The van der Waals surface area contributed by atoms with Crippen molar-refractivity contribution in [1.82, 2.24) is 4.90 Å². The maximum absolute atomic E-state index is 3.44. The molecule has 0 aromatic heterocycles. The van der Waals surface area contributed by atoms with E-state index >= 15 is 0 Å². The molecule has 2 unspecified atom stereocenters. The quantitative estimate of drug-likeness (QED) is 0.858. The van der Waals surface area contributed by atoms with Crippen molar-refractivity contribution in [2.45, 2.75) is 32.2 Å². The van der Waals surface area contributed by atoms with Gasteiger partial charge in [-0.05, 0) is 48.3 Å². The molecule has 18 heavy (non-hydrogen) atoms. The number of nitrogens with one attached hydrogen (secondary N) is 1. The van der Waals surface area contributed by atoms with E-state index in [2.05, 4.69) is 28.4 Å². The fourth-order valence-electron chi connectivity index (χ4n) is 4.18. The van der Waals surface area contributed by atoms with E-state index in [1.807, 2.05) is 0 Å². The van der Waals surface area contributed by atoms with Crippen LogP contribution in [0.4, 0.5) is 5.69 Å². The summed E-state index contributed by atoms with van der Waals surface area (Å²) >= 11 is 0. The van der Waals surface area contributed by atoms with Gasteiger partial charge in [0.1, 0.15) is 0 Å². The molecule has 4 rings (SSSR count). The monoisotopic (exact) mass is 242 g/mol. The summed E-state index contributed by atoms with van der Waals surface area (Å²) < 4.78 is 0. The van der Waals surface area contributed by atoms with Crippen LogP contribution in [0.5, 0.6) is 0 Å². The van der Waals surface area contributed by atoms with Crippen LogP contribution in [0.15, 0.2) is 18.2 Å². The maximum atomic E-state index is 3.44. The lowest BCUT2D eigenvalue weighted by atomic mass is 10.0. The molecule has 0 spiro atoms. The molecule has 2 fully saturated rings. The number of nitrogens with zero attached hydrogens (tertiary/aromatic N) is 1. The van der Waals surface area contributed by atoms with Crippen LogP contribution >= 0.6 is 0 Å². The Bertz CT molecular complexity index is 442. The SMILES string of the molecule is c1cc2c(cc1CN1CC3CCCC3C1)CCN2. The summed E-state index contributed by atoms with van der Waals surface area (Å²) in [5, 5.41) is 3.44. The van der Waals surface area contributed by atoms with E-state index in [0.717, 1.165) is 18.4 Å². The van der Waals surface area contributed by atoms with Gasteiger partial charge in [0.25, 0.3) is 0 Å². The lowest BCUT2D eigenvalue weighted by molar-refractivity contribution is 0.303. The van der Waals surface area contributed by atoms with Crippen LogP contribution in [-0.2, 0) is 13.0 Å². The zero-order chi connectivity index (χ0) is 11.9. The summed E-state index contributed by atoms with van der Waals surface area (Å²) in [7, 11) is 0. The third-order valence-corrected chi connectivity index (χ3v) is 5.09. The second kappa shape index (κ2) is 4.27. The molecule has 2 nitrogen and oxygen atoms in total. The molecule has 1 aromatic rings. The highest BCUT2D eigenvalue weighted by Gasteiger charge is 2.35. The largest absolute Gasteiger partial charge is 0.384 e. The Labute approximate surface area is 109 Å². The summed E-state index contributed by atoms with van der Waals surface area (Å²) in [4.78, 5) is 2.68. The summed E-state index contributed by atoms with van der Waals surface area (Å²) in [5.74, 6) is 2.03. The maximum Gasteiger partial charge on any atom is 0.0373 e. The first-order chi connectivity index (χ1) is 8.88. The van der Waals surface area contributed by atoms with Crippen molar-refractivity contribution in [3.8, 4) is 0 Å². The number of benzene rings is 1. The lowest BCUT2D eigenvalue weighted by Gasteiger charge is -2.17. The number of fused-ring (bicyclic) bond motifs is 2. The third-order valence-electron chi connectivity index (χ3n) is 5.09. The topological polar surface area (TPSA) is 15.3 Å². The normalized spacial score (nSPS) is 30.2. The zero-order valence-electron chi connectivity index (χ0n) is 11.0. The van der Waals surface area contributed by atoms with Crippen LogP contribution in [0, 0.1) is 11.8 Å². The van der Waals surface area contributed by atoms with Gasteiger partial charge < -0.3 is 5.32 Å². The van der Waals surface area contributed by atoms with Crippen molar-refractivity contribution < 1.29 is 0 Å². The molecule has 1 N–H and O–H groups in total. The van der Waals surface area contributed by atoms with E-state index in [9.17, 15) is 0 Å². The standard InChI is InChI=1S/C16H22N2/c1-2-14-10-18(11-15(14)3-1)9-12-4-5-16-13(8-12)6-7-17-16/h4-5,8,14-15,17H,1-3,6-7,9-11H2. The Hall–Kier alpha value is -1.02. The fraction of sp³-hybridized carbons (Fsp3) is 0.625. The van der Waals surface area contributed by atoms with Crippen LogP contribution in [0.25, 0.3) is 0 Å². The highest BCUT2D eigenvalue weighted by molar-refractivity contribution is 5.56. The van der Waals surface area contributed by atoms with Crippen molar-refractivity contribution in [1.29, 1.82) is 0 Å². The Balaban J connectivity index is 1.46. The van der Waals surface area contributed by atoms with E-state index in [1.165, 1.54) is 62.1 Å². The molecule has 2 atom stereocenters. The molecular formula is C16H22N2. The predicted octanol–water partition coefficient (Wildman–Crippen LogP) is 2.89. The summed E-state index contributed by atoms with van der Waals surface area (Å²) in [6, 6.07) is 7.00. The van der Waals surface area contributed by atoms with Gasteiger partial charge in [-0.15, -0.1) is 0 Å². The fourth-order valence-corrected chi connectivity index (χ4v) is 4.18. The summed E-state index contributed by atoms with van der Waals surface area (Å²) in [5.41, 5.74) is 4.39. The molecule has 2 heterocycles. The Morgan fingerprint density at radius 1 is 1.17 bits per heavy atom. The van der Waals surface area contributed by atoms with Crippen molar-refractivity contribution in [2.24, 2.45) is 11.8 Å². The van der Waals surface area contributed by atoms with Crippen molar-refractivity contribution in [3.05, 3.63) is 29.3 Å². The molecule has 0 amide bonds. The van der Waals surface area contributed by atoms with Gasteiger partial charge >= 0.3 is 0 Å². The number of hydrogen-bond acceptors (Lipinski definition) is 2. The molecule has 1 saturated carbocycles. The molecule has 1 aromatic carbocycles. The van der Waals surface area contributed by atoms with E-state index in [-0.39, 0.29) is 0 Å². The summed E-state index contributed by atoms with van der Waals surface area (Å²) in [6.07, 6.45) is 5.65. The van der Waals surface area contributed by atoms with Gasteiger partial charge in [0.15, 0.2) is 0 Å². The lowest BCUT2D eigenvalue weighted by Crippen LogP contribution is -2.21. The van der Waals surface area contributed by atoms with E-state index < -0.39 is 0 Å². The molecule has 96 valence electrons. The minimum Gasteiger partial charge on any atom is -0.384 e. The number of anilines is 1. The van der Waals surface area contributed by atoms with Crippen LogP contribution in [0.2, 0.25) is 0 Å². The number of rotatable bonds is 2. The van der Waals surface area contributed by atoms with E-state index in [4.69, 9.17) is 0 Å². The smallest absolute Gasteiger partial charge is 0.0373 e. The predicted molar refractivity (Wildman–Crippen MR) is 74.7 cm³/mol. The first-order valence-corrected chi connectivity index (χ1v) is 7.46. The van der Waals surface area contributed by atoms with Crippen LogP contribution in [-0.4, -0.2) is 24.5 Å². The van der Waals surface area contributed by atoms with Gasteiger partial charge in [-0.25, -0.2) is 0 Å². The van der Waals surface area contributed by atoms with E-state index in [1.54, 1.807) is 0 Å². The molecule has 1 saturated heterocycles. The Morgan fingerprint density at radius 2 is 2.00 bits per heavy atom. The first-order valence-electron chi connectivity index (χ1n) is 7.46. The van der Waals surface area contributed by atoms with Gasteiger partial charge in [0.2, 0.25) is 0 Å². The second-order valence-electron chi connectivity index (χ2n) is 6.31. The van der Waals surface area contributed by atoms with E-state index in [0.29, 0.717) is 0 Å². The molecule has 2 heteroatoms. The van der Waals surface area contributed by atoms with Crippen LogP contribution < -0.4 is 5.32 Å². The average molecular weight is 242 g/mol. The van der Waals surface area contributed by atoms with Gasteiger partial charge in [-0.1, -0.05) is 18.6 Å². The minimum absolute atomic E-state index is 1.01. The molecule has 1 aliphatic carbocycles. The van der Waals surface area contributed by atoms with Gasteiger partial charge in [-0.2, -0.15) is 0 Å². The third kappa shape index (κ3) is 1.83. The average Bonchev–Trinajstić information content (AvgIpc) is 3.02. The molecule has 0 radical (unpaired) electrons. The van der Waals surface area contributed by atoms with Crippen LogP contribution in [0.1, 0.15) is 30.4 Å². The van der Waals surface area contributed by atoms with Crippen molar-refractivity contribution in [3.63, 3.8) is 0 Å². The Morgan fingerprint density at radius 3 is 2.83 bits per heavy atom. The second-order valence-corrected chi connectivity index (χ2v) is 6.31. The minimum atomic E-state index is 1.01. The van der Waals surface area contributed by atoms with Crippen molar-refractivity contribution >= 4 is 5.69 Å². The highest BCUT2D eigenvalue weighted by Crippen LogP contribution is 2.38. The van der Waals surface area contributed by atoms with Crippen molar-refractivity contribution in [2.75, 3.05) is 25.0 Å². The Kier molecular flexibility index (Phi) is 2.58. The van der Waals surface area contributed by atoms with Gasteiger partial charge in [-0.3, -0.25) is 4.90 Å².